The maximum absolute atomic E-state index is 13.4. The Morgan fingerprint density at radius 3 is 0.583 bits per heavy atom. The van der Waals surface area contributed by atoms with Crippen molar-refractivity contribution >= 4 is 18.2 Å². The Morgan fingerprint density at radius 1 is 0.292 bits per heavy atom. The summed E-state index contributed by atoms with van der Waals surface area (Å²) in [5.41, 5.74) is -4.52. The van der Waals surface area contributed by atoms with Crippen LogP contribution in [0.2, 0.25) is 0 Å². The van der Waals surface area contributed by atoms with Crippen LogP contribution in [0.5, 0.6) is 0 Å². The van der Waals surface area contributed by atoms with Crippen LogP contribution in [0.15, 0.2) is 0 Å². The zero-order chi connectivity index (χ0) is 18.9. The monoisotopic (exact) mass is 360 g/mol. The van der Waals surface area contributed by atoms with Gasteiger partial charge in [-0.1, -0.05) is 0 Å². The first-order chi connectivity index (χ1) is 11.1. The molecular formula is C12F11Li. The molecule has 0 fully saturated rings. The quantitative estimate of drug-likeness (QED) is 0.297. The number of halogens is 11. The Kier molecular flexibility index (Phi) is 6.30. The molecule has 0 unspecified atom stereocenters. The summed E-state index contributed by atoms with van der Waals surface area (Å²) >= 11 is 0.500. The van der Waals surface area contributed by atoms with Gasteiger partial charge >= 0.3 is 21.6 Å². The Labute approximate surface area is 135 Å². The molecule has 0 spiro atoms. The van der Waals surface area contributed by atoms with Crippen molar-refractivity contribution in [1.82, 2.24) is 0 Å². The summed E-state index contributed by atoms with van der Waals surface area (Å²) in [6.45, 7) is 0. The predicted octanol–water partition coefficient (Wildman–Crippen LogP) is 4.78. The van der Waals surface area contributed by atoms with Crippen LogP contribution in [0, 0.1) is 58.2 Å². The average Bonchev–Trinajstić information content (AvgIpc) is 2.59. The van der Waals surface area contributed by atoms with Gasteiger partial charge in [-0.25, -0.2) is 43.9 Å². The molecule has 24 heavy (non-hydrogen) atoms. The van der Waals surface area contributed by atoms with Gasteiger partial charge in [-0.2, -0.15) is 0 Å². The molecule has 126 valence electrons. The van der Waals surface area contributed by atoms with Gasteiger partial charge in [-0.15, -0.1) is 0 Å². The van der Waals surface area contributed by atoms with E-state index >= 15 is 0 Å². The van der Waals surface area contributed by atoms with E-state index in [9.17, 15) is 47.3 Å². The van der Waals surface area contributed by atoms with Crippen molar-refractivity contribution < 1.29 is 47.3 Å². The van der Waals surface area contributed by atoms with Crippen molar-refractivity contribution in [3.63, 3.8) is 0 Å². The molecule has 0 bridgehead atoms. The molecule has 0 radical (unpaired) electrons. The van der Waals surface area contributed by atoms with Crippen LogP contribution in [-0.2, 0) is 0 Å². The molecule has 0 aromatic heterocycles. The van der Waals surface area contributed by atoms with Crippen LogP contribution in [0.1, 0.15) is 0 Å². The third-order valence-electron chi connectivity index (χ3n) is 2.67. The summed E-state index contributed by atoms with van der Waals surface area (Å²) in [6.07, 6.45) is 0. The summed E-state index contributed by atoms with van der Waals surface area (Å²) in [4.78, 5) is 0. The van der Waals surface area contributed by atoms with Crippen LogP contribution in [-0.4, -0.2) is 18.2 Å². The normalized spacial score (nSPS) is 10.5. The fourth-order valence-corrected chi connectivity index (χ4v) is 1.65. The predicted molar refractivity (Wildman–Crippen MR) is 58.3 cm³/mol. The molecular weight excluding hydrogens is 360 g/mol. The number of hydrogen-bond donors (Lipinski definition) is 0. The summed E-state index contributed by atoms with van der Waals surface area (Å²) in [5.74, 6) is -26.6. The summed E-state index contributed by atoms with van der Waals surface area (Å²) in [7, 11) is 0. The topological polar surface area (TPSA) is 0 Å². The third-order valence-corrected chi connectivity index (χ3v) is 2.67. The fraction of sp³-hybridized carbons (Fsp3) is 0. The van der Waals surface area contributed by atoms with Crippen LogP contribution in [0.3, 0.4) is 0 Å². The molecule has 2 aromatic carbocycles. The van der Waals surface area contributed by atoms with E-state index in [0.717, 1.165) is 0 Å². The molecule has 0 aliphatic rings. The van der Waals surface area contributed by atoms with Gasteiger partial charge in [0.15, 0.2) is 46.5 Å². The Morgan fingerprint density at radius 2 is 0.417 bits per heavy atom. The minimum atomic E-state index is -2.68. The second-order valence-corrected chi connectivity index (χ2v) is 3.89. The van der Waals surface area contributed by atoms with Crippen molar-refractivity contribution in [2.75, 3.05) is 0 Å². The number of hydrogen-bond acceptors (Lipinski definition) is 0. The van der Waals surface area contributed by atoms with Gasteiger partial charge in [0, 0.05) is 0 Å². The van der Waals surface area contributed by atoms with Gasteiger partial charge < -0.3 is 0 Å². The van der Waals surface area contributed by atoms with Crippen molar-refractivity contribution in [3.05, 3.63) is 58.2 Å². The molecule has 2 aromatic rings. The Bertz CT molecular complexity index is 677. The SMILES string of the molecule is Fc1c(F)c(F)c(-c2c(F)c(F)c(F)c(F)c2F)c(F)c1F.[Li][F]. The van der Waals surface area contributed by atoms with E-state index in [2.05, 4.69) is 0 Å². The van der Waals surface area contributed by atoms with Crippen LogP contribution >= 0.6 is 0 Å². The van der Waals surface area contributed by atoms with Gasteiger partial charge in [-0.05, 0) is 0 Å². The summed E-state index contributed by atoms with van der Waals surface area (Å²) in [6, 6.07) is 0. The standard InChI is InChI=1S/C12F10.FH.Li/c13-3-1(4(14)8(18)11(21)7(3)17)2-5(15)9(19)12(22)10(20)6(2)16;;/h;1H;/q;;+1/p-1. The Balaban J connectivity index is 0.00000139. The van der Waals surface area contributed by atoms with Gasteiger partial charge in [-0.3, -0.25) is 0 Å². The van der Waals surface area contributed by atoms with Gasteiger partial charge in [0.25, 0.3) is 0 Å². The molecule has 2 rings (SSSR count). The number of rotatable bonds is 1. The second-order valence-electron chi connectivity index (χ2n) is 3.89. The molecule has 0 atom stereocenters. The number of benzene rings is 2. The third kappa shape index (κ3) is 2.98. The molecule has 0 nitrogen and oxygen atoms in total. The summed E-state index contributed by atoms with van der Waals surface area (Å²) in [5, 5.41) is 0. The van der Waals surface area contributed by atoms with Crippen molar-refractivity contribution in [2.24, 2.45) is 0 Å². The van der Waals surface area contributed by atoms with Gasteiger partial charge in [0.2, 0.25) is 11.6 Å². The van der Waals surface area contributed by atoms with E-state index < -0.39 is 69.3 Å². The van der Waals surface area contributed by atoms with Gasteiger partial charge in [0.1, 0.15) is 0 Å². The van der Waals surface area contributed by atoms with E-state index in [-0.39, 0.29) is 0 Å². The first kappa shape index (κ1) is 20.3. The van der Waals surface area contributed by atoms with Crippen LogP contribution < -0.4 is 0 Å². The molecule has 0 amide bonds. The van der Waals surface area contributed by atoms with Crippen molar-refractivity contribution in [1.29, 1.82) is 0 Å². The fourth-order valence-electron chi connectivity index (χ4n) is 1.65. The average molecular weight is 360 g/mol. The summed E-state index contributed by atoms with van der Waals surface area (Å²) < 4.78 is 141. The molecule has 12 heteroatoms. The molecule has 0 N–H and O–H groups in total. The molecule has 0 aliphatic carbocycles. The van der Waals surface area contributed by atoms with Crippen molar-refractivity contribution in [2.45, 2.75) is 0 Å². The van der Waals surface area contributed by atoms with Crippen molar-refractivity contribution in [3.8, 4) is 11.1 Å². The van der Waals surface area contributed by atoms with E-state index in [1.54, 1.807) is 0 Å². The Hall–Kier alpha value is -1.73. The molecule has 0 heterocycles. The first-order valence-corrected chi connectivity index (χ1v) is 5.52. The van der Waals surface area contributed by atoms with E-state index in [4.69, 9.17) is 0 Å². The molecule has 0 aliphatic heterocycles. The second kappa shape index (κ2) is 7.44. The maximum atomic E-state index is 13.4. The zero-order valence-corrected chi connectivity index (χ0v) is 11.2. The van der Waals surface area contributed by atoms with E-state index in [0.29, 0.717) is 18.2 Å². The zero-order valence-electron chi connectivity index (χ0n) is 11.2. The molecule has 0 saturated heterocycles. The van der Waals surface area contributed by atoms with Crippen LogP contribution in [0.4, 0.5) is 47.3 Å². The molecule has 0 saturated carbocycles. The minimum absolute atomic E-state index is 0.500. The first-order valence-electron chi connectivity index (χ1n) is 5.52. The van der Waals surface area contributed by atoms with Gasteiger partial charge in [0.05, 0.1) is 11.1 Å². The van der Waals surface area contributed by atoms with E-state index in [1.165, 1.54) is 0 Å². The van der Waals surface area contributed by atoms with E-state index in [1.807, 2.05) is 0 Å². The van der Waals surface area contributed by atoms with Crippen LogP contribution in [0.25, 0.3) is 11.1 Å².